The van der Waals surface area contributed by atoms with Gasteiger partial charge < -0.3 is 9.30 Å². The molecule has 2 aromatic heterocycles. The van der Waals surface area contributed by atoms with Crippen molar-refractivity contribution in [2.24, 2.45) is 0 Å². The molecule has 2 heterocycles. The molecule has 5 aromatic rings. The van der Waals surface area contributed by atoms with Crippen LogP contribution in [-0.4, -0.2) is 22.4 Å². The van der Waals surface area contributed by atoms with Gasteiger partial charge in [-0.25, -0.2) is 4.98 Å². The molecule has 0 saturated heterocycles. The van der Waals surface area contributed by atoms with Crippen LogP contribution in [0.15, 0.2) is 79.0 Å². The maximum absolute atomic E-state index is 13.7. The van der Waals surface area contributed by atoms with Crippen LogP contribution in [0.3, 0.4) is 0 Å². The molecule has 0 amide bonds. The maximum atomic E-state index is 13.7. The average Bonchev–Trinajstić information content (AvgIpc) is 3.44. The highest BCUT2D eigenvalue weighted by molar-refractivity contribution is 7.17. The molecule has 164 valence electrons. The number of aromatic nitrogens is 2. The zero-order chi connectivity index (χ0) is 22.9. The molecular weight excluding hydrogens is 452 g/mol. The fourth-order valence-corrected chi connectivity index (χ4v) is 5.07. The van der Waals surface area contributed by atoms with Crippen LogP contribution in [-0.2, 0) is 6.54 Å². The summed E-state index contributed by atoms with van der Waals surface area (Å²) in [5, 5.41) is 2.04. The van der Waals surface area contributed by atoms with E-state index in [1.807, 2.05) is 79.7 Å². The summed E-state index contributed by atoms with van der Waals surface area (Å²) in [4.78, 5) is 19.2. The van der Waals surface area contributed by atoms with Crippen molar-refractivity contribution in [3.05, 3.63) is 106 Å². The Morgan fingerprint density at radius 1 is 1.06 bits per heavy atom. The Hall–Kier alpha value is -3.41. The van der Waals surface area contributed by atoms with Gasteiger partial charge in [0.2, 0.25) is 5.78 Å². The molecule has 0 aliphatic heterocycles. The second-order valence-corrected chi connectivity index (χ2v) is 9.25. The van der Waals surface area contributed by atoms with Gasteiger partial charge in [-0.05, 0) is 48.4 Å². The monoisotopic (exact) mass is 472 g/mol. The zero-order valence-electron chi connectivity index (χ0n) is 18.2. The maximum Gasteiger partial charge on any atom is 0.223 e. The number of nitrogens with zero attached hydrogens (tertiary/aromatic N) is 2. The first-order chi connectivity index (χ1) is 16.0. The topological polar surface area (TPSA) is 44.1 Å². The lowest BCUT2D eigenvalue weighted by Crippen LogP contribution is -2.06. The van der Waals surface area contributed by atoms with Crippen molar-refractivity contribution in [2.75, 3.05) is 7.11 Å². The summed E-state index contributed by atoms with van der Waals surface area (Å²) < 4.78 is 7.62. The predicted octanol–water partition coefficient (Wildman–Crippen LogP) is 7.01. The molecule has 4 nitrogen and oxygen atoms in total. The number of rotatable bonds is 6. The Balaban J connectivity index is 1.61. The van der Waals surface area contributed by atoms with Gasteiger partial charge in [-0.1, -0.05) is 54.1 Å². The van der Waals surface area contributed by atoms with Crippen LogP contribution in [0.4, 0.5) is 0 Å². The Morgan fingerprint density at radius 3 is 2.55 bits per heavy atom. The summed E-state index contributed by atoms with van der Waals surface area (Å²) in [6.07, 6.45) is 1.77. The van der Waals surface area contributed by atoms with E-state index in [-0.39, 0.29) is 5.78 Å². The molecule has 0 unspecified atom stereocenters. The minimum atomic E-state index is -0.0761. The van der Waals surface area contributed by atoms with Crippen molar-refractivity contribution >= 4 is 39.6 Å². The minimum absolute atomic E-state index is 0.0761. The number of benzene rings is 3. The number of hydrogen-bond acceptors (Lipinski definition) is 4. The number of carbonyl (C=O) groups is 1. The van der Waals surface area contributed by atoms with Gasteiger partial charge in [-0.2, -0.15) is 0 Å². The number of ketones is 1. The lowest BCUT2D eigenvalue weighted by molar-refractivity contribution is 0.103. The van der Waals surface area contributed by atoms with Crippen LogP contribution in [0.5, 0.6) is 5.75 Å². The number of halogens is 1. The summed E-state index contributed by atoms with van der Waals surface area (Å²) >= 11 is 7.48. The molecule has 3 aromatic carbocycles. The molecule has 0 saturated carbocycles. The lowest BCUT2D eigenvalue weighted by atomic mass is 10.1. The number of thiazole rings is 1. The first kappa shape index (κ1) is 21.4. The summed E-state index contributed by atoms with van der Waals surface area (Å²) in [7, 11) is 1.63. The number of carbonyl (C=O) groups excluding carboxylic acids is 1. The molecule has 0 spiro atoms. The van der Waals surface area contributed by atoms with Crippen LogP contribution < -0.4 is 4.74 Å². The van der Waals surface area contributed by atoms with E-state index in [1.165, 1.54) is 11.3 Å². The lowest BCUT2D eigenvalue weighted by Gasteiger charge is -2.09. The number of ether oxygens (including phenoxy) is 1. The molecule has 33 heavy (non-hydrogen) atoms. The summed E-state index contributed by atoms with van der Waals surface area (Å²) in [6.45, 7) is 2.62. The predicted molar refractivity (Wildman–Crippen MR) is 135 cm³/mol. The third kappa shape index (κ3) is 4.06. The standard InChI is InChI=1S/C27H21ClN2O2S/c1-17-25(26(31)27-29-15-24(33-27)19-6-4-3-5-7-19)22-14-21(32-2)12-13-23(22)30(17)16-18-8-10-20(28)11-9-18/h3-15H,16H2,1-2H3. The van der Waals surface area contributed by atoms with Gasteiger partial charge in [0.25, 0.3) is 0 Å². The highest BCUT2D eigenvalue weighted by Crippen LogP contribution is 2.34. The van der Waals surface area contributed by atoms with E-state index in [0.717, 1.165) is 32.6 Å². The van der Waals surface area contributed by atoms with Crippen molar-refractivity contribution in [3.8, 4) is 16.2 Å². The molecule has 0 radical (unpaired) electrons. The van der Waals surface area contributed by atoms with Crippen LogP contribution in [0.25, 0.3) is 21.3 Å². The molecule has 0 N–H and O–H groups in total. The van der Waals surface area contributed by atoms with Crippen LogP contribution in [0.1, 0.15) is 26.6 Å². The van der Waals surface area contributed by atoms with Gasteiger partial charge in [0.1, 0.15) is 5.75 Å². The third-order valence-corrected chi connectivity index (χ3v) is 7.07. The smallest absolute Gasteiger partial charge is 0.223 e. The molecule has 0 atom stereocenters. The minimum Gasteiger partial charge on any atom is -0.497 e. The second-order valence-electron chi connectivity index (χ2n) is 7.78. The molecular formula is C27H21ClN2O2S. The molecule has 0 aliphatic rings. The summed E-state index contributed by atoms with van der Waals surface area (Å²) in [6, 6.07) is 23.6. The van der Waals surface area contributed by atoms with E-state index in [0.29, 0.717) is 27.9 Å². The van der Waals surface area contributed by atoms with Crippen LogP contribution in [0, 0.1) is 6.92 Å². The molecule has 5 rings (SSSR count). The van der Waals surface area contributed by atoms with E-state index >= 15 is 0 Å². The SMILES string of the molecule is COc1ccc2c(c1)c(C(=O)c1ncc(-c3ccccc3)s1)c(C)n2Cc1ccc(Cl)cc1. The van der Waals surface area contributed by atoms with Crippen molar-refractivity contribution in [1.29, 1.82) is 0 Å². The largest absolute Gasteiger partial charge is 0.497 e. The van der Waals surface area contributed by atoms with Crippen molar-refractivity contribution in [1.82, 2.24) is 9.55 Å². The molecule has 0 fully saturated rings. The Kier molecular flexibility index (Phi) is 5.75. The number of hydrogen-bond donors (Lipinski definition) is 0. The first-order valence-electron chi connectivity index (χ1n) is 10.5. The summed E-state index contributed by atoms with van der Waals surface area (Å²) in [5.41, 5.74) is 4.69. The summed E-state index contributed by atoms with van der Waals surface area (Å²) in [5.74, 6) is 0.636. The third-order valence-electron chi connectivity index (χ3n) is 5.77. The van der Waals surface area contributed by atoms with Gasteiger partial charge in [0, 0.05) is 34.4 Å². The van der Waals surface area contributed by atoms with E-state index in [9.17, 15) is 4.79 Å². The Bertz CT molecular complexity index is 1450. The van der Waals surface area contributed by atoms with Gasteiger partial charge in [0.05, 0.1) is 17.6 Å². The Labute approximate surface area is 201 Å². The highest BCUT2D eigenvalue weighted by Gasteiger charge is 2.24. The highest BCUT2D eigenvalue weighted by atomic mass is 35.5. The van der Waals surface area contributed by atoms with Gasteiger partial charge in [0.15, 0.2) is 5.01 Å². The molecule has 6 heteroatoms. The van der Waals surface area contributed by atoms with Gasteiger partial charge in [-0.15, -0.1) is 11.3 Å². The number of fused-ring (bicyclic) bond motifs is 1. The van der Waals surface area contributed by atoms with Crippen molar-refractivity contribution < 1.29 is 9.53 Å². The Morgan fingerprint density at radius 2 is 1.82 bits per heavy atom. The van der Waals surface area contributed by atoms with E-state index < -0.39 is 0 Å². The van der Waals surface area contributed by atoms with Crippen molar-refractivity contribution in [3.63, 3.8) is 0 Å². The second kappa shape index (κ2) is 8.85. The quantitative estimate of drug-likeness (QED) is 0.249. The van der Waals surface area contributed by atoms with E-state index in [2.05, 4.69) is 9.55 Å². The van der Waals surface area contributed by atoms with E-state index in [4.69, 9.17) is 16.3 Å². The fraction of sp³-hybridized carbons (Fsp3) is 0.111. The number of methoxy groups -OCH3 is 1. The van der Waals surface area contributed by atoms with Gasteiger partial charge in [-0.3, -0.25) is 4.79 Å². The van der Waals surface area contributed by atoms with Crippen LogP contribution in [0.2, 0.25) is 5.02 Å². The van der Waals surface area contributed by atoms with E-state index in [1.54, 1.807) is 13.3 Å². The van der Waals surface area contributed by atoms with Crippen LogP contribution >= 0.6 is 22.9 Å². The van der Waals surface area contributed by atoms with Gasteiger partial charge >= 0.3 is 0 Å². The van der Waals surface area contributed by atoms with Crippen molar-refractivity contribution in [2.45, 2.75) is 13.5 Å². The molecule has 0 bridgehead atoms. The first-order valence-corrected chi connectivity index (χ1v) is 11.7. The fourth-order valence-electron chi connectivity index (χ4n) is 4.07. The zero-order valence-corrected chi connectivity index (χ0v) is 19.8. The average molecular weight is 473 g/mol. The molecule has 0 aliphatic carbocycles. The normalized spacial score (nSPS) is 11.1.